The van der Waals surface area contributed by atoms with E-state index in [-0.39, 0.29) is 48.2 Å². The van der Waals surface area contributed by atoms with Crippen molar-refractivity contribution in [1.29, 1.82) is 0 Å². The summed E-state index contributed by atoms with van der Waals surface area (Å²) in [5, 5.41) is 0. The van der Waals surface area contributed by atoms with Crippen molar-refractivity contribution >= 4 is 0 Å². The van der Waals surface area contributed by atoms with Gasteiger partial charge in [-0.05, 0) is 0 Å². The Hall–Kier alpha value is 1.58. The first kappa shape index (κ1) is 25.8. The van der Waals surface area contributed by atoms with Gasteiger partial charge in [0.1, 0.15) is 0 Å². The van der Waals surface area contributed by atoms with Crippen molar-refractivity contribution in [1.82, 2.24) is 0 Å². The average Bonchev–Trinajstić information content (AvgIpc) is 1.83. The van der Waals surface area contributed by atoms with Crippen LogP contribution in [0.15, 0.2) is 0 Å². The predicted octanol–water partition coefficient (Wildman–Crippen LogP) is 5.06. The number of hydrogen-bond acceptors (Lipinski definition) is 4. The van der Waals surface area contributed by atoms with E-state index in [2.05, 4.69) is 0 Å². The van der Waals surface area contributed by atoms with Crippen LogP contribution in [0.5, 0.6) is 0 Å². The van der Waals surface area contributed by atoms with Gasteiger partial charge in [0.15, 0.2) is 0 Å². The second kappa shape index (κ2) is 8.31. The molecule has 0 atom stereocenters. The van der Waals surface area contributed by atoms with E-state index >= 15 is 0 Å². The van der Waals surface area contributed by atoms with Gasteiger partial charge in [0.2, 0.25) is 0 Å². The first-order valence-corrected chi connectivity index (χ1v) is 13.5. The van der Waals surface area contributed by atoms with Crippen LogP contribution in [0.4, 0.5) is 0 Å². The summed E-state index contributed by atoms with van der Waals surface area (Å²) in [6.45, 7) is 24.1. The van der Waals surface area contributed by atoms with Gasteiger partial charge in [0, 0.05) is 25.8 Å². The molecule has 0 spiro atoms. The Labute approximate surface area is 163 Å². The minimum absolute atomic E-state index is 0. The molecule has 0 amide bonds. The summed E-state index contributed by atoms with van der Waals surface area (Å²) in [5.74, 6) is 0. The molecule has 0 aliphatic heterocycles. The maximum atomic E-state index is 6.31. The molecule has 0 aromatic heterocycles. The molecule has 0 aliphatic rings. The Bertz CT molecular complexity index is 261. The molecule has 0 aliphatic carbocycles. The van der Waals surface area contributed by atoms with Crippen molar-refractivity contribution in [3.63, 3.8) is 0 Å². The summed E-state index contributed by atoms with van der Waals surface area (Å²) >= 11 is -4.40. The maximum absolute atomic E-state index is 6.31. The largest absolute Gasteiger partial charge is 0 e. The van der Waals surface area contributed by atoms with Crippen LogP contribution in [0.1, 0.15) is 83.1 Å². The molecule has 0 saturated carbocycles. The summed E-state index contributed by atoms with van der Waals surface area (Å²) < 4.78 is 25.2. The van der Waals surface area contributed by atoms with Gasteiger partial charge in [-0.3, -0.25) is 0 Å². The van der Waals surface area contributed by atoms with Crippen molar-refractivity contribution in [2.45, 2.75) is 105 Å². The van der Waals surface area contributed by atoms with Crippen LogP contribution in [-0.2, 0) is 59.0 Å². The van der Waals surface area contributed by atoms with Crippen LogP contribution in [0.3, 0.4) is 0 Å². The average molecular weight is 649 g/mol. The zero-order valence-corrected chi connectivity index (χ0v) is 23.8. The molecule has 22 heavy (non-hydrogen) atoms. The van der Waals surface area contributed by atoms with Crippen LogP contribution in [0, 0.1) is 0 Å². The van der Waals surface area contributed by atoms with Crippen molar-refractivity contribution in [3.05, 3.63) is 0 Å². The van der Waals surface area contributed by atoms with E-state index in [0.29, 0.717) is 0 Å². The van der Waals surface area contributed by atoms with E-state index in [9.17, 15) is 0 Å². The zero-order valence-electron chi connectivity index (χ0n) is 16.6. The summed E-state index contributed by atoms with van der Waals surface area (Å²) in [5.41, 5.74) is -1.54. The Morgan fingerprint density at radius 2 is 0.545 bits per heavy atom. The third kappa shape index (κ3) is 14.0. The fraction of sp³-hybridized carbons (Fsp3) is 1.00. The van der Waals surface area contributed by atoms with Gasteiger partial charge in [-0.2, -0.15) is 0 Å². The Balaban J connectivity index is 0. The van der Waals surface area contributed by atoms with Gasteiger partial charge in [-0.1, -0.05) is 0 Å². The third-order valence-corrected chi connectivity index (χ3v) is 14.1. The smallest absolute Gasteiger partial charge is 0 e. The fourth-order valence-corrected chi connectivity index (χ4v) is 13.3. The number of hydrogen-bond donors (Lipinski definition) is 0. The Kier molecular flexibility index (Phi) is 9.75. The second-order valence-electron chi connectivity index (χ2n) is 9.36. The molecule has 4 nitrogen and oxygen atoms in total. The molecule has 0 unspecified atom stereocenters. The van der Waals surface area contributed by atoms with Crippen molar-refractivity contribution in [2.75, 3.05) is 0 Å². The molecule has 6 heteroatoms. The van der Waals surface area contributed by atoms with E-state index < -0.39 is 21.7 Å². The normalized spacial score (nSPS) is 14.7. The molecule has 0 heterocycles. The van der Waals surface area contributed by atoms with Crippen molar-refractivity contribution in [2.24, 2.45) is 0 Å². The predicted molar refractivity (Wildman–Crippen MR) is 83.4 cm³/mol. The van der Waals surface area contributed by atoms with Crippen LogP contribution in [-0.4, -0.2) is 22.4 Å². The van der Waals surface area contributed by atoms with Crippen molar-refractivity contribution in [3.8, 4) is 0 Å². The zero-order chi connectivity index (χ0) is 17.3. The molecule has 0 aromatic rings. The Morgan fingerprint density at radius 1 is 0.409 bits per heavy atom. The molecule has 0 fully saturated rings. The van der Waals surface area contributed by atoms with Gasteiger partial charge in [-0.15, -0.1) is 0 Å². The Morgan fingerprint density at radius 3 is 0.636 bits per heavy atom. The van der Waals surface area contributed by atoms with Crippen molar-refractivity contribution < 1.29 is 59.0 Å². The van der Waals surface area contributed by atoms with Gasteiger partial charge < -0.3 is 0 Å². The summed E-state index contributed by atoms with van der Waals surface area (Å²) in [4.78, 5) is 0. The van der Waals surface area contributed by atoms with Crippen LogP contribution >= 0.6 is 0 Å². The number of rotatable bonds is 4. The topological polar surface area (TPSA) is 36.9 Å². The first-order valence-electron chi connectivity index (χ1n) is 7.63. The van der Waals surface area contributed by atoms with E-state index in [4.69, 9.17) is 11.4 Å². The molecular weight excluding hydrogens is 613 g/mol. The molecular formula is C16H36Hf2O4. The molecule has 0 radical (unpaired) electrons. The van der Waals surface area contributed by atoms with Gasteiger partial charge in [0.25, 0.3) is 0 Å². The van der Waals surface area contributed by atoms with E-state index in [1.807, 2.05) is 83.1 Å². The molecule has 0 rings (SSSR count). The molecule has 0 saturated heterocycles. The minimum Gasteiger partial charge on any atom is 0 e. The maximum Gasteiger partial charge on any atom is 0 e. The monoisotopic (exact) mass is 652 g/mol. The quantitative estimate of drug-likeness (QED) is 0.400. The third-order valence-electron chi connectivity index (χ3n) is 1.72. The van der Waals surface area contributed by atoms with Crippen LogP contribution in [0.25, 0.3) is 0 Å². The molecule has 132 valence electrons. The molecule has 0 aromatic carbocycles. The van der Waals surface area contributed by atoms with Crippen LogP contribution < -0.4 is 0 Å². The van der Waals surface area contributed by atoms with Crippen LogP contribution in [0.2, 0.25) is 0 Å². The summed E-state index contributed by atoms with van der Waals surface area (Å²) in [6, 6.07) is 0. The first-order chi connectivity index (χ1) is 8.83. The summed E-state index contributed by atoms with van der Waals surface area (Å²) in [6.07, 6.45) is 0. The summed E-state index contributed by atoms with van der Waals surface area (Å²) in [7, 11) is 0. The van der Waals surface area contributed by atoms with Gasteiger partial charge >= 0.3 is 139 Å². The minimum atomic E-state index is -4.40. The van der Waals surface area contributed by atoms with E-state index in [1.54, 1.807) is 0 Å². The SMILES string of the molecule is CC(C)(C)[O][Hf]([O]C(C)(C)C)([O]C(C)(C)C)[O]C(C)(C)C.[Hf]. The molecule has 0 bridgehead atoms. The second-order valence-corrected chi connectivity index (χ2v) is 15.9. The van der Waals surface area contributed by atoms with E-state index in [1.165, 1.54) is 0 Å². The van der Waals surface area contributed by atoms with E-state index in [0.717, 1.165) is 0 Å². The standard InChI is InChI=1S/4C4H9O.2Hf/c4*1-4(2,3)5;;/h4*1-3H3;;/q4*-1;;+4. The van der Waals surface area contributed by atoms with Gasteiger partial charge in [-0.25, -0.2) is 0 Å². The fourth-order valence-electron chi connectivity index (χ4n) is 1.63. The molecule has 0 N–H and O–H groups in total. The van der Waals surface area contributed by atoms with Gasteiger partial charge in [0.05, 0.1) is 0 Å².